The van der Waals surface area contributed by atoms with Gasteiger partial charge in [-0.2, -0.15) is 0 Å². The number of aliphatic hydroxyl groups excluding tert-OH is 1. The summed E-state index contributed by atoms with van der Waals surface area (Å²) in [5, 5.41) is 8.27. The average Bonchev–Trinajstić information content (AvgIpc) is 2.60. The van der Waals surface area contributed by atoms with E-state index in [-0.39, 0.29) is 23.7 Å². The van der Waals surface area contributed by atoms with Gasteiger partial charge in [0.05, 0.1) is 12.9 Å². The summed E-state index contributed by atoms with van der Waals surface area (Å²) in [5.41, 5.74) is -0.0334. The SMILES string of the molecule is CCOC(=O)c1cc(/C(=C/O)P(=O)(O)O)c(C)o1. The molecule has 0 aromatic carbocycles. The molecule has 1 aromatic heterocycles. The molecule has 0 aliphatic heterocycles. The first-order valence-electron chi connectivity index (χ1n) is 4.99. The topological polar surface area (TPSA) is 117 Å². The summed E-state index contributed by atoms with van der Waals surface area (Å²) in [6.45, 7) is 3.18. The van der Waals surface area contributed by atoms with Crippen molar-refractivity contribution in [1.82, 2.24) is 0 Å². The Morgan fingerprint density at radius 3 is 2.61 bits per heavy atom. The number of rotatable bonds is 4. The minimum absolute atomic E-state index is 0.0334. The van der Waals surface area contributed by atoms with Crippen LogP contribution in [0.2, 0.25) is 0 Å². The number of carbonyl (C=O) groups is 1. The molecule has 1 aromatic rings. The van der Waals surface area contributed by atoms with E-state index in [0.29, 0.717) is 6.26 Å². The predicted molar refractivity (Wildman–Crippen MR) is 62.1 cm³/mol. The summed E-state index contributed by atoms with van der Waals surface area (Å²) in [6.07, 6.45) is 0.299. The second-order valence-corrected chi connectivity index (χ2v) is 4.93. The predicted octanol–water partition coefficient (Wildman–Crippen LogP) is 1.80. The molecule has 0 amide bonds. The zero-order chi connectivity index (χ0) is 13.9. The Labute approximate surface area is 103 Å². The minimum Gasteiger partial charge on any atom is -0.515 e. The van der Waals surface area contributed by atoms with Crippen LogP contribution in [0.15, 0.2) is 16.7 Å². The lowest BCUT2D eigenvalue weighted by molar-refractivity contribution is 0.0488. The summed E-state index contributed by atoms with van der Waals surface area (Å²) in [7, 11) is -4.66. The zero-order valence-electron chi connectivity index (χ0n) is 9.78. The van der Waals surface area contributed by atoms with Crippen molar-refractivity contribution >= 4 is 18.9 Å². The van der Waals surface area contributed by atoms with Crippen molar-refractivity contribution in [3.63, 3.8) is 0 Å². The molecule has 100 valence electrons. The molecular formula is C10H13O7P. The third-order valence-electron chi connectivity index (χ3n) is 2.11. The highest BCUT2D eigenvalue weighted by Gasteiger charge is 2.28. The van der Waals surface area contributed by atoms with Gasteiger partial charge in [-0.1, -0.05) is 0 Å². The molecule has 0 aliphatic rings. The van der Waals surface area contributed by atoms with Crippen LogP contribution in [-0.4, -0.2) is 27.5 Å². The molecule has 8 heteroatoms. The number of hydrogen-bond acceptors (Lipinski definition) is 5. The molecule has 18 heavy (non-hydrogen) atoms. The standard InChI is InChI=1S/C10H13O7P/c1-3-16-10(12)8-4-7(6(2)17-8)9(5-11)18(13,14)15/h4-5,11H,3H2,1-2H3,(H2,13,14,15)/b9-5-. The summed E-state index contributed by atoms with van der Waals surface area (Å²) in [6, 6.07) is 1.12. The van der Waals surface area contributed by atoms with Gasteiger partial charge < -0.3 is 24.0 Å². The highest BCUT2D eigenvalue weighted by Crippen LogP contribution is 2.51. The summed E-state index contributed by atoms with van der Waals surface area (Å²) in [5.74, 6) is -0.825. The van der Waals surface area contributed by atoms with Crippen molar-refractivity contribution in [2.24, 2.45) is 0 Å². The lowest BCUT2D eigenvalue weighted by Crippen LogP contribution is -2.02. The van der Waals surface area contributed by atoms with E-state index < -0.39 is 18.9 Å². The molecule has 3 N–H and O–H groups in total. The van der Waals surface area contributed by atoms with Gasteiger partial charge in [0.1, 0.15) is 11.1 Å². The molecule has 0 spiro atoms. The second kappa shape index (κ2) is 5.39. The number of aryl methyl sites for hydroxylation is 1. The fraction of sp³-hybridized carbons (Fsp3) is 0.300. The van der Waals surface area contributed by atoms with Gasteiger partial charge in [0.25, 0.3) is 0 Å². The molecule has 1 heterocycles. The largest absolute Gasteiger partial charge is 0.515 e. The quantitative estimate of drug-likeness (QED) is 0.436. The monoisotopic (exact) mass is 276 g/mol. The van der Waals surface area contributed by atoms with Crippen molar-refractivity contribution < 1.29 is 33.4 Å². The molecule has 1 rings (SSSR count). The van der Waals surface area contributed by atoms with Crippen LogP contribution in [-0.2, 0) is 9.30 Å². The molecular weight excluding hydrogens is 263 g/mol. The fourth-order valence-corrected chi connectivity index (χ4v) is 2.03. The Balaban J connectivity index is 3.20. The molecule has 0 atom stereocenters. The van der Waals surface area contributed by atoms with Crippen LogP contribution < -0.4 is 0 Å². The highest BCUT2D eigenvalue weighted by molar-refractivity contribution is 7.63. The number of esters is 1. The summed E-state index contributed by atoms with van der Waals surface area (Å²) >= 11 is 0. The first-order valence-corrected chi connectivity index (χ1v) is 6.61. The van der Waals surface area contributed by atoms with E-state index >= 15 is 0 Å². The van der Waals surface area contributed by atoms with Gasteiger partial charge in [-0.3, -0.25) is 4.57 Å². The number of ether oxygens (including phenoxy) is 1. The van der Waals surface area contributed by atoms with E-state index in [1.807, 2.05) is 0 Å². The van der Waals surface area contributed by atoms with Crippen molar-refractivity contribution in [2.45, 2.75) is 13.8 Å². The van der Waals surface area contributed by atoms with Crippen LogP contribution in [0.5, 0.6) is 0 Å². The molecule has 7 nitrogen and oxygen atoms in total. The molecule has 0 bridgehead atoms. The minimum atomic E-state index is -4.66. The molecule has 0 aliphatic carbocycles. The van der Waals surface area contributed by atoms with Gasteiger partial charge in [-0.15, -0.1) is 0 Å². The van der Waals surface area contributed by atoms with E-state index in [1.54, 1.807) is 6.92 Å². The normalized spacial score (nSPS) is 12.6. The first-order chi connectivity index (χ1) is 8.31. The molecule has 0 saturated carbocycles. The molecule has 0 unspecified atom stereocenters. The van der Waals surface area contributed by atoms with Crippen molar-refractivity contribution in [3.8, 4) is 0 Å². The number of aliphatic hydroxyl groups is 1. The highest BCUT2D eigenvalue weighted by atomic mass is 31.2. The van der Waals surface area contributed by atoms with E-state index in [0.717, 1.165) is 6.07 Å². The van der Waals surface area contributed by atoms with Crippen molar-refractivity contribution in [2.75, 3.05) is 6.61 Å². The van der Waals surface area contributed by atoms with Gasteiger partial charge in [-0.05, 0) is 13.8 Å². The Hall–Kier alpha value is -1.56. The van der Waals surface area contributed by atoms with Crippen LogP contribution >= 0.6 is 7.60 Å². The zero-order valence-corrected chi connectivity index (χ0v) is 10.7. The maximum Gasteiger partial charge on any atom is 0.374 e. The molecule has 0 saturated heterocycles. The van der Waals surface area contributed by atoms with E-state index in [9.17, 15) is 9.36 Å². The van der Waals surface area contributed by atoms with Gasteiger partial charge in [0, 0.05) is 11.6 Å². The van der Waals surface area contributed by atoms with E-state index in [2.05, 4.69) is 4.74 Å². The Bertz CT molecular complexity index is 522. The lowest BCUT2D eigenvalue weighted by Gasteiger charge is -2.05. The van der Waals surface area contributed by atoms with Crippen LogP contribution in [0.4, 0.5) is 0 Å². The summed E-state index contributed by atoms with van der Waals surface area (Å²) < 4.78 is 20.9. The van der Waals surface area contributed by atoms with Gasteiger partial charge in [0.15, 0.2) is 0 Å². The maximum absolute atomic E-state index is 11.4. The summed E-state index contributed by atoms with van der Waals surface area (Å²) in [4.78, 5) is 29.4. The van der Waals surface area contributed by atoms with Crippen LogP contribution in [0.1, 0.15) is 28.8 Å². The van der Waals surface area contributed by atoms with Gasteiger partial charge in [-0.25, -0.2) is 4.79 Å². The Morgan fingerprint density at radius 1 is 1.56 bits per heavy atom. The van der Waals surface area contributed by atoms with Crippen molar-refractivity contribution in [3.05, 3.63) is 29.4 Å². The third kappa shape index (κ3) is 3.01. The number of furan rings is 1. The Morgan fingerprint density at radius 2 is 2.17 bits per heavy atom. The smallest absolute Gasteiger partial charge is 0.374 e. The van der Waals surface area contributed by atoms with Crippen LogP contribution in [0, 0.1) is 6.92 Å². The van der Waals surface area contributed by atoms with Gasteiger partial charge in [0.2, 0.25) is 5.76 Å². The van der Waals surface area contributed by atoms with Crippen LogP contribution in [0.3, 0.4) is 0 Å². The number of hydrogen-bond donors (Lipinski definition) is 3. The average molecular weight is 276 g/mol. The number of carbonyl (C=O) groups excluding carboxylic acids is 1. The van der Waals surface area contributed by atoms with E-state index in [1.165, 1.54) is 6.92 Å². The molecule has 0 fully saturated rings. The van der Waals surface area contributed by atoms with E-state index in [4.69, 9.17) is 19.3 Å². The second-order valence-electron chi connectivity index (χ2n) is 3.36. The third-order valence-corrected chi connectivity index (χ3v) is 3.09. The van der Waals surface area contributed by atoms with Crippen molar-refractivity contribution in [1.29, 1.82) is 0 Å². The first kappa shape index (κ1) is 14.5. The lowest BCUT2D eigenvalue weighted by atomic mass is 10.2. The van der Waals surface area contributed by atoms with Gasteiger partial charge >= 0.3 is 13.6 Å². The maximum atomic E-state index is 11.4. The fourth-order valence-electron chi connectivity index (χ4n) is 1.34. The van der Waals surface area contributed by atoms with Crippen LogP contribution in [0.25, 0.3) is 5.31 Å². The molecule has 0 radical (unpaired) electrons. The Kier molecular flexibility index (Phi) is 4.34.